The highest BCUT2D eigenvalue weighted by atomic mass is 16.6. The van der Waals surface area contributed by atoms with Gasteiger partial charge in [0, 0.05) is 0 Å². The van der Waals surface area contributed by atoms with Crippen LogP contribution in [0.3, 0.4) is 0 Å². The van der Waals surface area contributed by atoms with Gasteiger partial charge in [-0.15, -0.1) is 0 Å². The normalized spacial score (nSPS) is 14.6. The Labute approximate surface area is 111 Å². The fourth-order valence-electron chi connectivity index (χ4n) is 1.75. The van der Waals surface area contributed by atoms with E-state index in [1.165, 1.54) is 0 Å². The van der Waals surface area contributed by atoms with Crippen molar-refractivity contribution in [3.05, 3.63) is 23.8 Å². The van der Waals surface area contributed by atoms with Crippen molar-refractivity contribution in [2.24, 2.45) is 0 Å². The third kappa shape index (κ3) is 3.51. The van der Waals surface area contributed by atoms with Gasteiger partial charge in [-0.2, -0.15) is 0 Å². The molecule has 1 unspecified atom stereocenters. The molecule has 0 radical (unpaired) electrons. The minimum Gasteiger partial charge on any atom is -0.486 e. The molecule has 1 amide bonds. The molecule has 19 heavy (non-hydrogen) atoms. The molecule has 2 rings (SSSR count). The highest BCUT2D eigenvalue weighted by Crippen LogP contribution is 2.32. The zero-order chi connectivity index (χ0) is 13.7. The number of carbonyl (C=O) groups is 1. The van der Waals surface area contributed by atoms with Crippen molar-refractivity contribution in [2.75, 3.05) is 26.4 Å². The van der Waals surface area contributed by atoms with Gasteiger partial charge in [-0.25, -0.2) is 4.79 Å². The van der Waals surface area contributed by atoms with E-state index in [-0.39, 0.29) is 6.54 Å². The Morgan fingerprint density at radius 3 is 2.89 bits per heavy atom. The molecular formula is C13H17NO5. The number of alkyl carbamates (subject to hydrolysis) is 1. The van der Waals surface area contributed by atoms with E-state index in [0.29, 0.717) is 36.9 Å². The molecule has 104 valence electrons. The number of rotatable bonds is 4. The molecular weight excluding hydrogens is 250 g/mol. The smallest absolute Gasteiger partial charge is 0.407 e. The number of benzene rings is 1. The Morgan fingerprint density at radius 2 is 2.16 bits per heavy atom. The fraction of sp³-hybridized carbons (Fsp3) is 0.462. The summed E-state index contributed by atoms with van der Waals surface area (Å²) in [5.41, 5.74) is 0.654. The molecule has 0 saturated heterocycles. The molecule has 0 aliphatic carbocycles. The summed E-state index contributed by atoms with van der Waals surface area (Å²) in [7, 11) is 0. The van der Waals surface area contributed by atoms with Gasteiger partial charge in [0.2, 0.25) is 0 Å². The first-order valence-corrected chi connectivity index (χ1v) is 6.19. The number of hydrogen-bond donors (Lipinski definition) is 2. The summed E-state index contributed by atoms with van der Waals surface area (Å²) in [4.78, 5) is 11.1. The molecule has 0 saturated carbocycles. The van der Waals surface area contributed by atoms with Crippen LogP contribution in [0.2, 0.25) is 0 Å². The van der Waals surface area contributed by atoms with Crippen LogP contribution in [0.15, 0.2) is 18.2 Å². The van der Waals surface area contributed by atoms with Gasteiger partial charge in [-0.3, -0.25) is 0 Å². The lowest BCUT2D eigenvalue weighted by atomic mass is 10.1. The van der Waals surface area contributed by atoms with Gasteiger partial charge in [-0.05, 0) is 24.6 Å². The SMILES string of the molecule is CCOC(=O)NCC(O)c1ccc2c(c1)OCCO2. The minimum atomic E-state index is -0.819. The maximum atomic E-state index is 11.1. The number of ether oxygens (including phenoxy) is 3. The van der Waals surface area contributed by atoms with Gasteiger partial charge in [0.1, 0.15) is 13.2 Å². The van der Waals surface area contributed by atoms with Crippen LogP contribution in [0.5, 0.6) is 11.5 Å². The third-order valence-corrected chi connectivity index (χ3v) is 2.67. The standard InChI is InChI=1S/C13H17NO5/c1-2-17-13(16)14-8-10(15)9-3-4-11-12(7-9)19-6-5-18-11/h3-4,7,10,15H,2,5-6,8H2,1H3,(H,14,16). The van der Waals surface area contributed by atoms with Crippen LogP contribution < -0.4 is 14.8 Å². The molecule has 6 heteroatoms. The van der Waals surface area contributed by atoms with Gasteiger partial charge < -0.3 is 24.6 Å². The van der Waals surface area contributed by atoms with Crippen LogP contribution in [0, 0.1) is 0 Å². The zero-order valence-corrected chi connectivity index (χ0v) is 10.7. The highest BCUT2D eigenvalue weighted by molar-refractivity contribution is 5.67. The zero-order valence-electron chi connectivity index (χ0n) is 10.7. The summed E-state index contributed by atoms with van der Waals surface area (Å²) in [5.74, 6) is 1.28. The van der Waals surface area contributed by atoms with Crippen LogP contribution in [0.1, 0.15) is 18.6 Å². The Bertz CT molecular complexity index is 449. The average molecular weight is 267 g/mol. The first-order chi connectivity index (χ1) is 9.20. The summed E-state index contributed by atoms with van der Waals surface area (Å²) >= 11 is 0. The maximum Gasteiger partial charge on any atom is 0.407 e. The highest BCUT2D eigenvalue weighted by Gasteiger charge is 2.16. The largest absolute Gasteiger partial charge is 0.486 e. The minimum absolute atomic E-state index is 0.0818. The van der Waals surface area contributed by atoms with Crippen LogP contribution in [-0.2, 0) is 4.74 Å². The average Bonchev–Trinajstić information content (AvgIpc) is 2.44. The van der Waals surface area contributed by atoms with Gasteiger partial charge in [0.05, 0.1) is 19.3 Å². The summed E-state index contributed by atoms with van der Waals surface area (Å²) in [5, 5.41) is 12.5. The molecule has 1 aliphatic heterocycles. The van der Waals surface area contributed by atoms with E-state index in [2.05, 4.69) is 5.32 Å². The van der Waals surface area contributed by atoms with E-state index in [1.54, 1.807) is 25.1 Å². The Hall–Kier alpha value is -1.95. The second-order valence-electron chi connectivity index (χ2n) is 4.02. The first kappa shape index (κ1) is 13.5. The number of nitrogens with one attached hydrogen (secondary N) is 1. The van der Waals surface area contributed by atoms with E-state index in [0.717, 1.165) is 0 Å². The number of aliphatic hydroxyl groups is 1. The lowest BCUT2D eigenvalue weighted by molar-refractivity contribution is 0.134. The second-order valence-corrected chi connectivity index (χ2v) is 4.02. The van der Waals surface area contributed by atoms with E-state index < -0.39 is 12.2 Å². The molecule has 0 spiro atoms. The van der Waals surface area contributed by atoms with Crippen molar-refractivity contribution in [2.45, 2.75) is 13.0 Å². The Morgan fingerprint density at radius 1 is 1.42 bits per heavy atom. The lowest BCUT2D eigenvalue weighted by Gasteiger charge is -2.20. The Balaban J connectivity index is 1.95. The molecule has 1 atom stereocenters. The van der Waals surface area contributed by atoms with Crippen molar-refractivity contribution in [3.63, 3.8) is 0 Å². The number of fused-ring (bicyclic) bond motifs is 1. The quantitative estimate of drug-likeness (QED) is 0.858. The Kier molecular flexibility index (Phi) is 4.46. The molecule has 1 aromatic carbocycles. The van der Waals surface area contributed by atoms with Crippen LogP contribution in [0.4, 0.5) is 4.79 Å². The van der Waals surface area contributed by atoms with Gasteiger partial charge in [0.15, 0.2) is 11.5 Å². The van der Waals surface area contributed by atoms with Crippen molar-refractivity contribution in [1.29, 1.82) is 0 Å². The summed E-state index contributed by atoms with van der Waals surface area (Å²) in [6.07, 6.45) is -1.36. The van der Waals surface area contributed by atoms with E-state index in [9.17, 15) is 9.90 Å². The summed E-state index contributed by atoms with van der Waals surface area (Å²) in [6.45, 7) is 3.12. The number of aliphatic hydroxyl groups excluding tert-OH is 1. The molecule has 0 fully saturated rings. The maximum absolute atomic E-state index is 11.1. The molecule has 1 heterocycles. The predicted molar refractivity (Wildman–Crippen MR) is 67.4 cm³/mol. The van der Waals surface area contributed by atoms with Crippen molar-refractivity contribution in [3.8, 4) is 11.5 Å². The van der Waals surface area contributed by atoms with E-state index >= 15 is 0 Å². The topological polar surface area (TPSA) is 77.0 Å². The number of carbonyl (C=O) groups excluding carboxylic acids is 1. The summed E-state index contributed by atoms with van der Waals surface area (Å²) in [6, 6.07) is 5.20. The van der Waals surface area contributed by atoms with Crippen LogP contribution in [-0.4, -0.2) is 37.6 Å². The van der Waals surface area contributed by atoms with Crippen molar-refractivity contribution < 1.29 is 24.1 Å². The molecule has 0 bridgehead atoms. The van der Waals surface area contributed by atoms with Gasteiger partial charge in [-0.1, -0.05) is 6.07 Å². The molecule has 1 aliphatic rings. The van der Waals surface area contributed by atoms with E-state index in [1.807, 2.05) is 0 Å². The van der Waals surface area contributed by atoms with Crippen molar-refractivity contribution >= 4 is 6.09 Å². The predicted octanol–water partition coefficient (Wildman–Crippen LogP) is 1.24. The van der Waals surface area contributed by atoms with Crippen molar-refractivity contribution in [1.82, 2.24) is 5.32 Å². The number of amides is 1. The second kappa shape index (κ2) is 6.29. The molecule has 1 aromatic rings. The third-order valence-electron chi connectivity index (χ3n) is 2.67. The fourth-order valence-corrected chi connectivity index (χ4v) is 1.75. The van der Waals surface area contributed by atoms with Gasteiger partial charge >= 0.3 is 6.09 Å². The molecule has 0 aromatic heterocycles. The van der Waals surface area contributed by atoms with Gasteiger partial charge in [0.25, 0.3) is 0 Å². The number of hydrogen-bond acceptors (Lipinski definition) is 5. The molecule has 2 N–H and O–H groups in total. The lowest BCUT2D eigenvalue weighted by Crippen LogP contribution is -2.29. The van der Waals surface area contributed by atoms with Crippen LogP contribution >= 0.6 is 0 Å². The first-order valence-electron chi connectivity index (χ1n) is 6.19. The molecule has 6 nitrogen and oxygen atoms in total. The van der Waals surface area contributed by atoms with Crippen LogP contribution in [0.25, 0.3) is 0 Å². The van der Waals surface area contributed by atoms with E-state index in [4.69, 9.17) is 14.2 Å². The monoisotopic (exact) mass is 267 g/mol. The summed E-state index contributed by atoms with van der Waals surface area (Å²) < 4.78 is 15.5.